The highest BCUT2D eigenvalue weighted by Crippen LogP contribution is 2.38. The lowest BCUT2D eigenvalue weighted by Gasteiger charge is -2.29. The first kappa shape index (κ1) is 21.1. The molecule has 0 atom stereocenters. The van der Waals surface area contributed by atoms with Gasteiger partial charge in [-0.3, -0.25) is 4.99 Å². The molecule has 148 valence electrons. The molecule has 26 heavy (non-hydrogen) atoms. The number of ether oxygens (including phenoxy) is 2. The van der Waals surface area contributed by atoms with Gasteiger partial charge in [0, 0.05) is 30.7 Å². The highest BCUT2D eigenvalue weighted by Gasteiger charge is 2.14. The van der Waals surface area contributed by atoms with Gasteiger partial charge in [-0.15, -0.1) is 0 Å². The first-order chi connectivity index (χ1) is 12.4. The molecule has 1 aliphatic rings. The summed E-state index contributed by atoms with van der Waals surface area (Å²) in [4.78, 5) is 8.71. The SMILES string of the molecule is CCS(C)(C)CCOCNc1ncc(F)c(C)c1N=CC1CCOCC1. The molecule has 1 aromatic rings. The Morgan fingerprint density at radius 3 is 2.85 bits per heavy atom. The van der Waals surface area contributed by atoms with Crippen LogP contribution in [0.4, 0.5) is 15.9 Å². The van der Waals surface area contributed by atoms with Crippen molar-refractivity contribution in [1.29, 1.82) is 0 Å². The maximum absolute atomic E-state index is 13.9. The second-order valence-electron chi connectivity index (χ2n) is 7.15. The van der Waals surface area contributed by atoms with Crippen LogP contribution in [0.1, 0.15) is 25.3 Å². The third kappa shape index (κ3) is 6.52. The topological polar surface area (TPSA) is 55.7 Å². The van der Waals surface area contributed by atoms with Crippen molar-refractivity contribution in [2.75, 3.05) is 55.9 Å². The van der Waals surface area contributed by atoms with Crippen LogP contribution in [0.3, 0.4) is 0 Å². The molecule has 0 aliphatic carbocycles. The molecule has 1 aliphatic heterocycles. The van der Waals surface area contributed by atoms with Gasteiger partial charge in [0.1, 0.15) is 18.2 Å². The van der Waals surface area contributed by atoms with Crippen LogP contribution < -0.4 is 5.32 Å². The third-order valence-corrected chi connectivity index (χ3v) is 7.66. The Hall–Kier alpha value is -1.18. The Morgan fingerprint density at radius 2 is 2.15 bits per heavy atom. The highest BCUT2D eigenvalue weighted by molar-refractivity contribution is 8.32. The van der Waals surface area contributed by atoms with E-state index in [9.17, 15) is 4.39 Å². The van der Waals surface area contributed by atoms with Gasteiger partial charge < -0.3 is 14.8 Å². The lowest BCUT2D eigenvalue weighted by molar-refractivity contribution is 0.0838. The fraction of sp³-hybridized carbons (Fsp3) is 0.684. The van der Waals surface area contributed by atoms with Crippen LogP contribution in [-0.4, -0.2) is 61.8 Å². The summed E-state index contributed by atoms with van der Waals surface area (Å²) in [5, 5.41) is 3.14. The Balaban J connectivity index is 1.95. The zero-order valence-electron chi connectivity index (χ0n) is 16.4. The van der Waals surface area contributed by atoms with E-state index in [2.05, 4.69) is 34.7 Å². The van der Waals surface area contributed by atoms with Crippen LogP contribution in [0.25, 0.3) is 0 Å². The molecule has 2 heterocycles. The predicted octanol–water partition coefficient (Wildman–Crippen LogP) is 4.13. The van der Waals surface area contributed by atoms with E-state index in [-0.39, 0.29) is 5.82 Å². The second-order valence-corrected chi connectivity index (χ2v) is 11.7. The molecule has 0 amide bonds. The number of aromatic nitrogens is 1. The molecular weight excluding hydrogens is 353 g/mol. The Bertz CT molecular complexity index is 605. The van der Waals surface area contributed by atoms with Crippen molar-refractivity contribution in [3.8, 4) is 0 Å². The van der Waals surface area contributed by atoms with Crippen LogP contribution in [0.15, 0.2) is 11.2 Å². The molecule has 1 N–H and O–H groups in total. The molecule has 0 unspecified atom stereocenters. The van der Waals surface area contributed by atoms with Crippen molar-refractivity contribution in [2.45, 2.75) is 26.7 Å². The smallest absolute Gasteiger partial charge is 0.154 e. The summed E-state index contributed by atoms with van der Waals surface area (Å²) in [6.07, 6.45) is 9.68. The Labute approximate surface area is 158 Å². The number of halogens is 1. The molecule has 0 saturated carbocycles. The van der Waals surface area contributed by atoms with E-state index in [4.69, 9.17) is 9.47 Å². The summed E-state index contributed by atoms with van der Waals surface area (Å²) in [6.45, 7) is 6.52. The zero-order valence-corrected chi connectivity index (χ0v) is 17.2. The summed E-state index contributed by atoms with van der Waals surface area (Å²) < 4.78 is 25.0. The number of hydrogen-bond acceptors (Lipinski definition) is 5. The largest absolute Gasteiger partial charge is 0.381 e. The monoisotopic (exact) mass is 385 g/mol. The normalized spacial score (nSPS) is 17.0. The van der Waals surface area contributed by atoms with Gasteiger partial charge in [-0.1, -0.05) is 6.92 Å². The quantitative estimate of drug-likeness (QED) is 0.394. The number of aliphatic imine (C=N–C) groups is 1. The van der Waals surface area contributed by atoms with Gasteiger partial charge in [0.05, 0.1) is 12.8 Å². The highest BCUT2D eigenvalue weighted by atomic mass is 32.3. The number of anilines is 1. The summed E-state index contributed by atoms with van der Waals surface area (Å²) in [6, 6.07) is 0. The van der Waals surface area contributed by atoms with Gasteiger partial charge in [-0.2, -0.15) is 0 Å². The molecular formula is C19H32FN3O2S. The molecule has 1 aromatic heterocycles. The molecule has 0 bridgehead atoms. The van der Waals surface area contributed by atoms with Gasteiger partial charge in [0.25, 0.3) is 0 Å². The minimum atomic E-state index is -0.558. The van der Waals surface area contributed by atoms with Gasteiger partial charge >= 0.3 is 0 Å². The molecule has 1 saturated heterocycles. The summed E-state index contributed by atoms with van der Waals surface area (Å²) in [5.41, 5.74) is 1.06. The number of hydrogen-bond donors (Lipinski definition) is 1. The van der Waals surface area contributed by atoms with E-state index in [1.54, 1.807) is 6.92 Å². The van der Waals surface area contributed by atoms with E-state index in [1.807, 2.05) is 6.21 Å². The van der Waals surface area contributed by atoms with Crippen LogP contribution in [0, 0.1) is 18.7 Å². The van der Waals surface area contributed by atoms with Crippen molar-refractivity contribution >= 4 is 27.7 Å². The fourth-order valence-corrected chi connectivity index (χ4v) is 3.38. The maximum atomic E-state index is 13.9. The van der Waals surface area contributed by atoms with E-state index in [0.717, 1.165) is 31.8 Å². The molecule has 0 radical (unpaired) electrons. The lowest BCUT2D eigenvalue weighted by Crippen LogP contribution is -2.16. The van der Waals surface area contributed by atoms with E-state index < -0.39 is 10.0 Å². The molecule has 0 spiro atoms. The standard InChI is InChI=1S/C19H32FN3O2S/c1-5-26(3,4)11-10-25-14-23-19-18(15(2)17(20)13-22-19)21-12-16-6-8-24-9-7-16/h12-13,16H,5-11,14H2,1-4H3,(H,22,23). The van der Waals surface area contributed by atoms with E-state index in [1.165, 1.54) is 11.9 Å². The van der Waals surface area contributed by atoms with Crippen LogP contribution >= 0.6 is 10.0 Å². The fourth-order valence-electron chi connectivity index (χ4n) is 2.52. The van der Waals surface area contributed by atoms with Crippen molar-refractivity contribution in [1.82, 2.24) is 4.98 Å². The zero-order chi connectivity index (χ0) is 19.0. The molecule has 2 rings (SSSR count). The molecule has 7 heteroatoms. The van der Waals surface area contributed by atoms with Crippen LogP contribution in [-0.2, 0) is 9.47 Å². The number of nitrogens with one attached hydrogen (secondary N) is 1. The summed E-state index contributed by atoms with van der Waals surface area (Å²) >= 11 is 0. The van der Waals surface area contributed by atoms with Crippen molar-refractivity contribution < 1.29 is 13.9 Å². The van der Waals surface area contributed by atoms with Gasteiger partial charge in [-0.25, -0.2) is 19.4 Å². The first-order valence-corrected chi connectivity index (χ1v) is 12.0. The minimum Gasteiger partial charge on any atom is -0.381 e. The van der Waals surface area contributed by atoms with Gasteiger partial charge in [-0.05, 0) is 43.9 Å². The molecule has 0 aromatic carbocycles. The lowest BCUT2D eigenvalue weighted by atomic mass is 10.0. The average Bonchev–Trinajstić information content (AvgIpc) is 2.64. The Kier molecular flexibility index (Phi) is 8.31. The van der Waals surface area contributed by atoms with Crippen LogP contribution in [0.5, 0.6) is 0 Å². The third-order valence-electron chi connectivity index (χ3n) is 4.83. The maximum Gasteiger partial charge on any atom is 0.154 e. The Morgan fingerprint density at radius 1 is 1.42 bits per heavy atom. The van der Waals surface area contributed by atoms with Gasteiger partial charge in [0.2, 0.25) is 0 Å². The minimum absolute atomic E-state index is 0.344. The van der Waals surface area contributed by atoms with E-state index in [0.29, 0.717) is 36.3 Å². The molecule has 1 fully saturated rings. The van der Waals surface area contributed by atoms with Crippen molar-refractivity contribution in [2.24, 2.45) is 10.9 Å². The molecule has 5 nitrogen and oxygen atoms in total. The number of nitrogens with zero attached hydrogens (tertiary/aromatic N) is 2. The van der Waals surface area contributed by atoms with Gasteiger partial charge in [0.15, 0.2) is 5.82 Å². The van der Waals surface area contributed by atoms with Crippen LogP contribution in [0.2, 0.25) is 0 Å². The summed E-state index contributed by atoms with van der Waals surface area (Å²) in [5.74, 6) is 2.87. The number of rotatable bonds is 9. The van der Waals surface area contributed by atoms with Crippen molar-refractivity contribution in [3.05, 3.63) is 17.6 Å². The second kappa shape index (κ2) is 10.2. The first-order valence-electron chi connectivity index (χ1n) is 9.20. The number of pyridine rings is 1. The average molecular weight is 386 g/mol. The predicted molar refractivity (Wildman–Crippen MR) is 110 cm³/mol. The van der Waals surface area contributed by atoms with E-state index >= 15 is 0 Å². The van der Waals surface area contributed by atoms with Crippen molar-refractivity contribution in [3.63, 3.8) is 0 Å². The summed E-state index contributed by atoms with van der Waals surface area (Å²) in [7, 11) is -0.558.